The van der Waals surface area contributed by atoms with E-state index in [4.69, 9.17) is 4.74 Å². The number of nitrogens with one attached hydrogen (secondary N) is 1. The molecule has 21 heavy (non-hydrogen) atoms. The molecule has 1 N–H and O–H groups in total. The number of nitrogens with zero attached hydrogens (tertiary/aromatic N) is 4. The summed E-state index contributed by atoms with van der Waals surface area (Å²) in [5, 5.41) is 7.48. The van der Waals surface area contributed by atoms with Gasteiger partial charge in [-0.1, -0.05) is 6.92 Å². The summed E-state index contributed by atoms with van der Waals surface area (Å²) >= 11 is 0. The van der Waals surface area contributed by atoms with E-state index in [0.29, 0.717) is 11.6 Å². The Morgan fingerprint density at radius 2 is 2.05 bits per heavy atom. The van der Waals surface area contributed by atoms with Crippen molar-refractivity contribution in [1.29, 1.82) is 0 Å². The van der Waals surface area contributed by atoms with E-state index in [1.807, 2.05) is 31.6 Å². The summed E-state index contributed by atoms with van der Waals surface area (Å²) in [4.78, 5) is 9.08. The first kappa shape index (κ1) is 15.3. The average Bonchev–Trinajstić information content (AvgIpc) is 2.92. The molecule has 6 nitrogen and oxygen atoms in total. The molecule has 0 saturated carbocycles. The summed E-state index contributed by atoms with van der Waals surface area (Å²) in [7, 11) is 0. The van der Waals surface area contributed by atoms with Crippen LogP contribution in [-0.2, 0) is 13.0 Å². The Balaban J connectivity index is 2.31. The van der Waals surface area contributed by atoms with Crippen LogP contribution in [0.5, 0.6) is 11.6 Å². The molecule has 2 heterocycles. The molecule has 114 valence electrons. The molecule has 0 aliphatic carbocycles. The second-order valence-corrected chi connectivity index (χ2v) is 4.83. The van der Waals surface area contributed by atoms with Gasteiger partial charge in [0.05, 0.1) is 18.0 Å². The number of anilines is 1. The minimum Gasteiger partial charge on any atom is -0.435 e. The maximum Gasteiger partial charge on any atom is 0.227 e. The SMILES string of the molecule is CCCc1nc(NCC)c(C)c(Oc2cnn(CC)c2)n1. The standard InChI is InChI=1S/C15H23N5O/c1-5-8-13-18-14(16-6-2)11(4)15(19-13)21-12-9-17-20(7-3)10-12/h9-10H,5-8H2,1-4H3,(H,16,18,19). The lowest BCUT2D eigenvalue weighted by atomic mass is 10.2. The molecule has 0 aromatic carbocycles. The van der Waals surface area contributed by atoms with Gasteiger partial charge < -0.3 is 10.1 Å². The van der Waals surface area contributed by atoms with Gasteiger partial charge in [-0.3, -0.25) is 4.68 Å². The number of rotatable bonds is 7. The molecule has 0 aliphatic heterocycles. The lowest BCUT2D eigenvalue weighted by Crippen LogP contribution is -2.07. The van der Waals surface area contributed by atoms with Crippen LogP contribution in [0.1, 0.15) is 38.6 Å². The van der Waals surface area contributed by atoms with Gasteiger partial charge in [0.25, 0.3) is 0 Å². The van der Waals surface area contributed by atoms with E-state index < -0.39 is 0 Å². The number of aryl methyl sites for hydroxylation is 2. The third-order valence-corrected chi connectivity index (χ3v) is 3.11. The quantitative estimate of drug-likeness (QED) is 0.848. The molecule has 0 atom stereocenters. The lowest BCUT2D eigenvalue weighted by molar-refractivity contribution is 0.453. The van der Waals surface area contributed by atoms with Gasteiger partial charge in [0.15, 0.2) is 5.75 Å². The largest absolute Gasteiger partial charge is 0.435 e. The summed E-state index contributed by atoms with van der Waals surface area (Å²) in [5.41, 5.74) is 0.918. The summed E-state index contributed by atoms with van der Waals surface area (Å²) < 4.78 is 7.71. The van der Waals surface area contributed by atoms with Crippen LogP contribution in [0.25, 0.3) is 0 Å². The monoisotopic (exact) mass is 289 g/mol. The van der Waals surface area contributed by atoms with E-state index in [-0.39, 0.29) is 0 Å². The summed E-state index contributed by atoms with van der Waals surface area (Å²) in [6.07, 6.45) is 5.41. The molecule has 0 spiro atoms. The van der Waals surface area contributed by atoms with E-state index in [9.17, 15) is 0 Å². The first-order chi connectivity index (χ1) is 10.2. The van der Waals surface area contributed by atoms with Crippen molar-refractivity contribution in [1.82, 2.24) is 19.7 Å². The highest BCUT2D eigenvalue weighted by atomic mass is 16.5. The number of ether oxygens (including phenoxy) is 1. The zero-order valence-electron chi connectivity index (χ0n) is 13.2. The topological polar surface area (TPSA) is 64.9 Å². The third kappa shape index (κ3) is 3.71. The van der Waals surface area contributed by atoms with Crippen LogP contribution < -0.4 is 10.1 Å². The molecule has 0 bridgehead atoms. The molecule has 2 rings (SSSR count). The first-order valence-corrected chi connectivity index (χ1v) is 7.49. The average molecular weight is 289 g/mol. The van der Waals surface area contributed by atoms with Crippen molar-refractivity contribution in [3.8, 4) is 11.6 Å². The highest BCUT2D eigenvalue weighted by Gasteiger charge is 2.13. The molecule has 0 amide bonds. The molecular formula is C15H23N5O. The van der Waals surface area contributed by atoms with E-state index in [1.54, 1.807) is 6.20 Å². The molecule has 0 saturated heterocycles. The van der Waals surface area contributed by atoms with Crippen LogP contribution in [0, 0.1) is 6.92 Å². The van der Waals surface area contributed by atoms with Crippen molar-refractivity contribution in [3.63, 3.8) is 0 Å². The minimum absolute atomic E-state index is 0.597. The lowest BCUT2D eigenvalue weighted by Gasteiger charge is -2.12. The van der Waals surface area contributed by atoms with Crippen LogP contribution >= 0.6 is 0 Å². The van der Waals surface area contributed by atoms with Crippen molar-refractivity contribution >= 4 is 5.82 Å². The van der Waals surface area contributed by atoms with Crippen molar-refractivity contribution in [3.05, 3.63) is 23.8 Å². The van der Waals surface area contributed by atoms with Gasteiger partial charge in [0.1, 0.15) is 11.6 Å². The zero-order chi connectivity index (χ0) is 15.2. The van der Waals surface area contributed by atoms with Crippen molar-refractivity contribution in [2.24, 2.45) is 0 Å². The van der Waals surface area contributed by atoms with Gasteiger partial charge in [0.2, 0.25) is 5.88 Å². The Hall–Kier alpha value is -2.11. The first-order valence-electron chi connectivity index (χ1n) is 7.49. The molecule has 2 aromatic heterocycles. The second kappa shape index (κ2) is 7.06. The molecule has 0 aliphatic rings. The molecular weight excluding hydrogens is 266 g/mol. The molecule has 0 radical (unpaired) electrons. The van der Waals surface area contributed by atoms with Gasteiger partial charge in [0, 0.05) is 19.5 Å². The van der Waals surface area contributed by atoms with Crippen molar-refractivity contribution in [2.75, 3.05) is 11.9 Å². The molecule has 2 aromatic rings. The Morgan fingerprint density at radius 1 is 1.24 bits per heavy atom. The Kier molecular flexibility index (Phi) is 5.14. The summed E-state index contributed by atoms with van der Waals surface area (Å²) in [5.74, 6) is 2.94. The Labute approximate surface area is 125 Å². The number of aromatic nitrogens is 4. The van der Waals surface area contributed by atoms with Crippen LogP contribution in [0.4, 0.5) is 5.82 Å². The van der Waals surface area contributed by atoms with Gasteiger partial charge in [-0.15, -0.1) is 0 Å². The number of hydrogen-bond donors (Lipinski definition) is 1. The summed E-state index contributed by atoms with van der Waals surface area (Å²) in [6.45, 7) is 9.80. The van der Waals surface area contributed by atoms with E-state index in [0.717, 1.165) is 43.1 Å². The normalized spacial score (nSPS) is 10.7. The van der Waals surface area contributed by atoms with Crippen LogP contribution in [0.2, 0.25) is 0 Å². The van der Waals surface area contributed by atoms with E-state index >= 15 is 0 Å². The maximum atomic E-state index is 5.89. The Morgan fingerprint density at radius 3 is 2.67 bits per heavy atom. The van der Waals surface area contributed by atoms with Gasteiger partial charge >= 0.3 is 0 Å². The fourth-order valence-corrected chi connectivity index (χ4v) is 2.00. The zero-order valence-corrected chi connectivity index (χ0v) is 13.2. The molecule has 6 heteroatoms. The van der Waals surface area contributed by atoms with Crippen LogP contribution in [-0.4, -0.2) is 26.3 Å². The van der Waals surface area contributed by atoms with E-state index in [2.05, 4.69) is 27.3 Å². The summed E-state index contributed by atoms with van der Waals surface area (Å²) in [6, 6.07) is 0. The van der Waals surface area contributed by atoms with E-state index in [1.165, 1.54) is 0 Å². The van der Waals surface area contributed by atoms with Crippen LogP contribution in [0.15, 0.2) is 12.4 Å². The minimum atomic E-state index is 0.597. The highest BCUT2D eigenvalue weighted by Crippen LogP contribution is 2.27. The van der Waals surface area contributed by atoms with Crippen LogP contribution in [0.3, 0.4) is 0 Å². The predicted octanol–water partition coefficient (Wildman–Crippen LogP) is 3.18. The van der Waals surface area contributed by atoms with Gasteiger partial charge in [-0.25, -0.2) is 4.98 Å². The van der Waals surface area contributed by atoms with Gasteiger partial charge in [-0.05, 0) is 27.2 Å². The Bertz CT molecular complexity index is 594. The predicted molar refractivity (Wildman–Crippen MR) is 82.9 cm³/mol. The highest BCUT2D eigenvalue weighted by molar-refractivity contribution is 5.49. The third-order valence-electron chi connectivity index (χ3n) is 3.11. The fraction of sp³-hybridized carbons (Fsp3) is 0.533. The van der Waals surface area contributed by atoms with Crippen molar-refractivity contribution in [2.45, 2.75) is 47.1 Å². The smallest absolute Gasteiger partial charge is 0.227 e. The molecule has 0 fully saturated rings. The molecule has 0 unspecified atom stereocenters. The number of hydrogen-bond acceptors (Lipinski definition) is 5. The fourth-order valence-electron chi connectivity index (χ4n) is 2.00. The van der Waals surface area contributed by atoms with Crippen molar-refractivity contribution < 1.29 is 4.74 Å². The maximum absolute atomic E-state index is 5.89. The second-order valence-electron chi connectivity index (χ2n) is 4.83. The van der Waals surface area contributed by atoms with Gasteiger partial charge in [-0.2, -0.15) is 10.1 Å².